The fraction of sp³-hybridized carbons (Fsp3) is 0.233. The minimum Gasteiger partial charge on any atom is -0.459 e. The highest BCUT2D eigenvalue weighted by Gasteiger charge is 2.24. The Bertz CT molecular complexity index is 1820. The van der Waals surface area contributed by atoms with Crippen LogP contribution in [0.5, 0.6) is 0 Å². The lowest BCUT2D eigenvalue weighted by atomic mass is 10.0. The van der Waals surface area contributed by atoms with Crippen molar-refractivity contribution in [3.05, 3.63) is 98.9 Å². The van der Waals surface area contributed by atoms with E-state index >= 15 is 0 Å². The van der Waals surface area contributed by atoms with E-state index < -0.39 is 28.8 Å². The van der Waals surface area contributed by atoms with Gasteiger partial charge in [0.2, 0.25) is 0 Å². The highest BCUT2D eigenvalue weighted by molar-refractivity contribution is 6.31. The van der Waals surface area contributed by atoms with Gasteiger partial charge in [-0.1, -0.05) is 41.9 Å². The molecule has 9 heteroatoms. The van der Waals surface area contributed by atoms with Crippen LogP contribution in [0.15, 0.2) is 65.5 Å². The molecule has 0 bridgehead atoms. The first-order valence-electron chi connectivity index (χ1n) is 12.4. The van der Waals surface area contributed by atoms with Crippen LogP contribution in [0.25, 0.3) is 32.9 Å². The summed E-state index contributed by atoms with van der Waals surface area (Å²) in [7, 11) is 0. The molecule has 0 aliphatic carbocycles. The van der Waals surface area contributed by atoms with Crippen molar-refractivity contribution in [3.63, 3.8) is 0 Å². The minimum atomic E-state index is -1.03. The molecular weight excluding hydrogens is 524 g/mol. The third-order valence-corrected chi connectivity index (χ3v) is 6.68. The van der Waals surface area contributed by atoms with Crippen molar-refractivity contribution in [2.75, 3.05) is 0 Å². The Morgan fingerprint density at radius 3 is 2.44 bits per heavy atom. The summed E-state index contributed by atoms with van der Waals surface area (Å²) in [5, 5.41) is 6.83. The Labute approximate surface area is 228 Å². The van der Waals surface area contributed by atoms with Crippen LogP contribution in [-0.4, -0.2) is 25.9 Å². The number of nitrogens with zero attached hydrogens (tertiary/aromatic N) is 3. The minimum absolute atomic E-state index is 0.00190. The van der Waals surface area contributed by atoms with E-state index in [1.807, 2.05) is 17.6 Å². The summed E-state index contributed by atoms with van der Waals surface area (Å²) in [5.41, 5.74) is 1.47. The normalized spacial score (nSPS) is 11.9. The molecule has 2 heterocycles. The molecule has 0 radical (unpaired) electrons. The molecule has 5 aromatic rings. The van der Waals surface area contributed by atoms with Gasteiger partial charge in [-0.15, -0.1) is 0 Å². The number of esters is 1. The van der Waals surface area contributed by atoms with Gasteiger partial charge in [0.15, 0.2) is 11.6 Å². The van der Waals surface area contributed by atoms with Gasteiger partial charge in [-0.2, -0.15) is 5.10 Å². The van der Waals surface area contributed by atoms with Crippen LogP contribution in [-0.2, 0) is 22.6 Å². The Hall–Kier alpha value is -4.04. The monoisotopic (exact) mass is 549 g/mol. The van der Waals surface area contributed by atoms with Crippen LogP contribution >= 0.6 is 11.6 Å². The number of rotatable bonds is 5. The van der Waals surface area contributed by atoms with Crippen LogP contribution in [0.1, 0.15) is 32.0 Å². The molecule has 0 aliphatic rings. The van der Waals surface area contributed by atoms with Crippen LogP contribution in [0, 0.1) is 18.6 Å². The quantitative estimate of drug-likeness (QED) is 0.230. The maximum absolute atomic E-state index is 14.5. The molecule has 0 spiro atoms. The van der Waals surface area contributed by atoms with E-state index in [1.165, 1.54) is 12.1 Å². The molecule has 39 heavy (non-hydrogen) atoms. The predicted octanol–water partition coefficient (Wildman–Crippen LogP) is 6.65. The van der Waals surface area contributed by atoms with E-state index in [1.54, 1.807) is 57.2 Å². The maximum Gasteiger partial charge on any atom is 0.326 e. The molecule has 0 amide bonds. The topological polar surface area (TPSA) is 66.1 Å². The number of benzene rings is 3. The van der Waals surface area contributed by atoms with Crippen molar-refractivity contribution in [2.24, 2.45) is 0 Å². The van der Waals surface area contributed by atoms with Gasteiger partial charge in [-0.25, -0.2) is 13.5 Å². The highest BCUT2D eigenvalue weighted by Crippen LogP contribution is 2.38. The average Bonchev–Trinajstić information content (AvgIpc) is 3.12. The smallest absolute Gasteiger partial charge is 0.326 e. The fourth-order valence-corrected chi connectivity index (χ4v) is 4.99. The standard InChI is InChI=1S/C30H26ClF2N3O3/c1-17-26(22-14-19(31)12-13-24(22)35(17)16-25(37)39-30(2,3)4)28-20-9-5-6-10-21(20)29(38)36(34-28)15-18-8-7-11-23(32)27(18)33/h5-14H,15-16H2,1-4H3. The van der Waals surface area contributed by atoms with Crippen molar-refractivity contribution >= 4 is 39.2 Å². The van der Waals surface area contributed by atoms with Gasteiger partial charge in [-0.3, -0.25) is 9.59 Å². The second kappa shape index (κ2) is 9.93. The van der Waals surface area contributed by atoms with Crippen LogP contribution in [0.4, 0.5) is 8.78 Å². The molecule has 0 atom stereocenters. The highest BCUT2D eigenvalue weighted by atomic mass is 35.5. The van der Waals surface area contributed by atoms with Crippen LogP contribution in [0.2, 0.25) is 5.02 Å². The molecule has 6 nitrogen and oxygen atoms in total. The lowest BCUT2D eigenvalue weighted by Gasteiger charge is -2.20. The Balaban J connectivity index is 1.76. The van der Waals surface area contributed by atoms with Crippen LogP contribution < -0.4 is 5.56 Å². The number of hydrogen-bond acceptors (Lipinski definition) is 4. The van der Waals surface area contributed by atoms with Gasteiger partial charge in [0, 0.05) is 38.1 Å². The lowest BCUT2D eigenvalue weighted by molar-refractivity contribution is -0.155. The van der Waals surface area contributed by atoms with Crippen LogP contribution in [0.3, 0.4) is 0 Å². The predicted molar refractivity (Wildman–Crippen MR) is 148 cm³/mol. The first kappa shape index (κ1) is 26.6. The van der Waals surface area contributed by atoms with Crippen molar-refractivity contribution in [3.8, 4) is 11.3 Å². The second-order valence-electron chi connectivity index (χ2n) is 10.4. The Morgan fingerprint density at radius 2 is 1.72 bits per heavy atom. The molecule has 200 valence electrons. The molecule has 0 N–H and O–H groups in total. The zero-order valence-electron chi connectivity index (χ0n) is 21.9. The van der Waals surface area contributed by atoms with Crippen molar-refractivity contribution in [2.45, 2.75) is 46.4 Å². The zero-order valence-corrected chi connectivity index (χ0v) is 22.6. The summed E-state index contributed by atoms with van der Waals surface area (Å²) < 4.78 is 37.0. The largest absolute Gasteiger partial charge is 0.459 e. The SMILES string of the molecule is Cc1c(-c2nn(Cc3cccc(F)c3F)c(=O)c3ccccc23)c2cc(Cl)ccc2n1CC(=O)OC(C)(C)C. The van der Waals surface area contributed by atoms with Gasteiger partial charge in [-0.05, 0) is 58.0 Å². The lowest BCUT2D eigenvalue weighted by Crippen LogP contribution is -2.26. The van der Waals surface area contributed by atoms with Gasteiger partial charge >= 0.3 is 5.97 Å². The third-order valence-electron chi connectivity index (χ3n) is 6.45. The van der Waals surface area contributed by atoms with Crippen molar-refractivity contribution in [1.29, 1.82) is 0 Å². The summed E-state index contributed by atoms with van der Waals surface area (Å²) in [6.45, 7) is 6.95. The molecular formula is C30H26ClF2N3O3. The van der Waals surface area contributed by atoms with E-state index in [0.29, 0.717) is 32.7 Å². The van der Waals surface area contributed by atoms with E-state index in [4.69, 9.17) is 16.3 Å². The van der Waals surface area contributed by atoms with E-state index in [2.05, 4.69) is 5.10 Å². The van der Waals surface area contributed by atoms with E-state index in [-0.39, 0.29) is 18.7 Å². The summed E-state index contributed by atoms with van der Waals surface area (Å²) >= 11 is 6.39. The molecule has 0 saturated heterocycles. The Morgan fingerprint density at radius 1 is 1.00 bits per heavy atom. The summed E-state index contributed by atoms with van der Waals surface area (Å²) in [4.78, 5) is 26.2. The van der Waals surface area contributed by atoms with Gasteiger partial charge in [0.05, 0.1) is 11.9 Å². The number of carbonyl (C=O) groups excluding carboxylic acids is 1. The molecule has 3 aromatic carbocycles. The molecule has 5 rings (SSSR count). The van der Waals surface area contributed by atoms with Gasteiger partial charge in [0.1, 0.15) is 17.8 Å². The van der Waals surface area contributed by atoms with Crippen molar-refractivity contribution < 1.29 is 18.3 Å². The van der Waals surface area contributed by atoms with E-state index in [9.17, 15) is 18.4 Å². The number of fused-ring (bicyclic) bond motifs is 2. The molecule has 2 aromatic heterocycles. The van der Waals surface area contributed by atoms with E-state index in [0.717, 1.165) is 21.7 Å². The third kappa shape index (κ3) is 5.04. The molecule has 0 unspecified atom stereocenters. The molecule has 0 aliphatic heterocycles. The first-order valence-corrected chi connectivity index (χ1v) is 12.8. The number of halogens is 3. The second-order valence-corrected chi connectivity index (χ2v) is 10.8. The van der Waals surface area contributed by atoms with Crippen molar-refractivity contribution in [1.82, 2.24) is 14.3 Å². The number of ether oxygens (including phenoxy) is 1. The fourth-order valence-electron chi connectivity index (χ4n) is 4.82. The average molecular weight is 550 g/mol. The molecule has 0 saturated carbocycles. The Kier molecular flexibility index (Phi) is 6.76. The summed E-state index contributed by atoms with van der Waals surface area (Å²) in [5.74, 6) is -2.44. The number of hydrogen-bond donors (Lipinski definition) is 0. The molecule has 0 fully saturated rings. The summed E-state index contributed by atoms with van der Waals surface area (Å²) in [6, 6.07) is 16.1. The van der Waals surface area contributed by atoms with Gasteiger partial charge in [0.25, 0.3) is 5.56 Å². The number of carbonyl (C=O) groups is 1. The summed E-state index contributed by atoms with van der Waals surface area (Å²) in [6.07, 6.45) is 0. The zero-order chi connectivity index (χ0) is 28.1. The first-order chi connectivity index (χ1) is 18.4. The number of aromatic nitrogens is 3. The van der Waals surface area contributed by atoms with Gasteiger partial charge < -0.3 is 9.30 Å². The maximum atomic E-state index is 14.5.